The van der Waals surface area contributed by atoms with E-state index in [0.717, 1.165) is 92.3 Å². The van der Waals surface area contributed by atoms with Gasteiger partial charge in [-0.25, -0.2) is 9.69 Å². The average Bonchev–Trinajstić information content (AvgIpc) is 3.77. The first-order chi connectivity index (χ1) is 28.6. The van der Waals surface area contributed by atoms with E-state index in [1.54, 1.807) is 12.1 Å². The van der Waals surface area contributed by atoms with Crippen molar-refractivity contribution in [1.82, 2.24) is 0 Å². The molecule has 4 nitrogen and oxygen atoms in total. The summed E-state index contributed by atoms with van der Waals surface area (Å²) < 4.78 is 0. The number of nitriles is 2. The molecule has 0 spiro atoms. The minimum atomic E-state index is 0.396. The molecule has 12 rings (SSSR count). The quantitative estimate of drug-likeness (QED) is 0.131. The average molecular weight is 729 g/mol. The van der Waals surface area contributed by atoms with Crippen LogP contribution in [0.25, 0.3) is 129 Å². The molecule has 0 saturated heterocycles. The summed E-state index contributed by atoms with van der Waals surface area (Å²) in [4.78, 5) is 7.68. The zero-order valence-electron chi connectivity index (χ0n) is 30.6. The Kier molecular flexibility index (Phi) is 6.30. The molecule has 0 fully saturated rings. The Morgan fingerprint density at radius 3 is 1.31 bits per heavy atom. The van der Waals surface area contributed by atoms with Gasteiger partial charge in [0.05, 0.1) is 25.3 Å². The van der Waals surface area contributed by atoms with Crippen LogP contribution in [0.2, 0.25) is 0 Å². The number of hydrogen-bond acceptors (Lipinski definition) is 2. The first-order valence-corrected chi connectivity index (χ1v) is 19.0. The van der Waals surface area contributed by atoms with E-state index in [9.17, 15) is 10.5 Å². The molecule has 0 aliphatic carbocycles. The second-order valence-corrected chi connectivity index (χ2v) is 15.2. The lowest BCUT2D eigenvalue weighted by atomic mass is 9.84. The van der Waals surface area contributed by atoms with E-state index in [1.807, 2.05) is 24.3 Å². The second kappa shape index (κ2) is 11.5. The summed E-state index contributed by atoms with van der Waals surface area (Å²) in [5.74, 6) is 0. The zero-order valence-corrected chi connectivity index (χ0v) is 30.6. The molecule has 0 aliphatic rings. The van der Waals surface area contributed by atoms with Gasteiger partial charge in [0.25, 0.3) is 0 Å². The van der Waals surface area contributed by atoms with E-state index in [4.69, 9.17) is 13.1 Å². The first kappa shape index (κ1) is 31.8. The summed E-state index contributed by atoms with van der Waals surface area (Å²) >= 11 is 0. The van der Waals surface area contributed by atoms with Crippen molar-refractivity contribution in [3.8, 4) is 34.4 Å². The topological polar surface area (TPSA) is 56.3 Å². The highest BCUT2D eigenvalue weighted by Gasteiger charge is 2.26. The van der Waals surface area contributed by atoms with E-state index in [1.165, 1.54) is 26.9 Å². The largest absolute Gasteiger partial charge is 0.238 e. The highest BCUT2D eigenvalue weighted by molar-refractivity contribution is 6.44. The van der Waals surface area contributed by atoms with Crippen LogP contribution in [0.1, 0.15) is 11.1 Å². The van der Waals surface area contributed by atoms with Crippen LogP contribution in [-0.4, -0.2) is 0 Å². The van der Waals surface area contributed by atoms with Gasteiger partial charge in [0.1, 0.15) is 0 Å². The summed E-state index contributed by atoms with van der Waals surface area (Å²) in [6, 6.07) is 54.8. The molecule has 0 aromatic heterocycles. The molecule has 0 N–H and O–H groups in total. The third kappa shape index (κ3) is 4.13. The molecule has 260 valence electrons. The van der Waals surface area contributed by atoms with Crippen molar-refractivity contribution in [2.24, 2.45) is 0 Å². The van der Waals surface area contributed by atoms with Crippen molar-refractivity contribution in [2.75, 3.05) is 0 Å². The summed E-state index contributed by atoms with van der Waals surface area (Å²) in [5.41, 5.74) is 5.10. The maximum absolute atomic E-state index is 10.3. The minimum Gasteiger partial charge on any atom is -0.238 e. The van der Waals surface area contributed by atoms with Crippen LogP contribution in [0.3, 0.4) is 0 Å². The van der Waals surface area contributed by atoms with E-state index < -0.39 is 0 Å². The number of nitrogens with zero attached hydrogens (tertiary/aromatic N) is 4. The Morgan fingerprint density at radius 2 is 0.776 bits per heavy atom. The van der Waals surface area contributed by atoms with Gasteiger partial charge in [-0.15, -0.1) is 0 Å². The van der Waals surface area contributed by atoms with E-state index in [2.05, 4.69) is 131 Å². The van der Waals surface area contributed by atoms with E-state index >= 15 is 0 Å². The highest BCUT2D eigenvalue weighted by Crippen LogP contribution is 2.55. The smallest absolute Gasteiger partial charge is 0.189 e. The van der Waals surface area contributed by atoms with Crippen LogP contribution < -0.4 is 0 Å². The molecule has 0 atom stereocenters. The predicted octanol–water partition coefficient (Wildman–Crippen LogP) is 15.1. The summed E-state index contributed by atoms with van der Waals surface area (Å²) in [6.07, 6.45) is 0. The van der Waals surface area contributed by atoms with Gasteiger partial charge in [-0.05, 0) is 180 Å². The number of rotatable bonds is 2. The summed E-state index contributed by atoms with van der Waals surface area (Å²) in [7, 11) is 0. The van der Waals surface area contributed by atoms with Gasteiger partial charge in [-0.1, -0.05) is 84.9 Å². The SMILES string of the molecule is [C-]#[N+]c1cc(C#N)cc(-c2c3cc4c(cc3c(-c3cc(C#N)cc([N+]#[C-])c3)c3c5cc6ccccc6c6cccc(c23)c65)c2cccc3c5ccccc5cc4c32)c1. The molecule has 0 aliphatic heterocycles. The monoisotopic (exact) mass is 728 g/mol. The van der Waals surface area contributed by atoms with Crippen LogP contribution in [-0.2, 0) is 0 Å². The fourth-order valence-corrected chi connectivity index (χ4v) is 10.1. The Labute approximate surface area is 331 Å². The molecule has 0 unspecified atom stereocenters. The molecule has 12 aromatic carbocycles. The third-order valence-corrected chi connectivity index (χ3v) is 12.3. The molecule has 0 amide bonds. The molecule has 4 heteroatoms. The Hall–Kier alpha value is -8.54. The normalized spacial score (nSPS) is 11.7. The van der Waals surface area contributed by atoms with Crippen LogP contribution in [0, 0.1) is 35.8 Å². The number of hydrogen-bond donors (Lipinski definition) is 0. The van der Waals surface area contributed by atoms with Crippen molar-refractivity contribution in [3.63, 3.8) is 0 Å². The van der Waals surface area contributed by atoms with Crippen LogP contribution in [0.5, 0.6) is 0 Å². The zero-order chi connectivity index (χ0) is 38.8. The van der Waals surface area contributed by atoms with Crippen molar-refractivity contribution in [1.29, 1.82) is 10.5 Å². The Balaban J connectivity index is 1.42. The molecule has 0 heterocycles. The lowest BCUT2D eigenvalue weighted by molar-refractivity contribution is 1.49. The summed E-state index contributed by atoms with van der Waals surface area (Å²) in [5, 5.41) is 40.6. The number of fused-ring (bicyclic) bond motifs is 11. The maximum atomic E-state index is 10.3. The van der Waals surface area contributed by atoms with Crippen molar-refractivity contribution in [2.45, 2.75) is 0 Å². The number of benzene rings is 10. The predicted molar refractivity (Wildman–Crippen MR) is 239 cm³/mol. The molecule has 0 bridgehead atoms. The van der Waals surface area contributed by atoms with Gasteiger partial charge >= 0.3 is 0 Å². The second-order valence-electron chi connectivity index (χ2n) is 15.2. The summed E-state index contributed by atoms with van der Waals surface area (Å²) in [6.45, 7) is 16.1. The molecular formula is C54H24N4. The molecule has 58 heavy (non-hydrogen) atoms. The van der Waals surface area contributed by atoms with Crippen molar-refractivity contribution < 1.29 is 0 Å². The maximum Gasteiger partial charge on any atom is 0.189 e. The molecule has 0 radical (unpaired) electrons. The van der Waals surface area contributed by atoms with Gasteiger partial charge in [0.15, 0.2) is 11.4 Å². The van der Waals surface area contributed by atoms with E-state index in [0.29, 0.717) is 22.5 Å². The van der Waals surface area contributed by atoms with Gasteiger partial charge in [0.2, 0.25) is 0 Å². The third-order valence-electron chi connectivity index (χ3n) is 12.3. The first-order valence-electron chi connectivity index (χ1n) is 19.0. The minimum absolute atomic E-state index is 0.396. The lowest BCUT2D eigenvalue weighted by Crippen LogP contribution is -1.91. The van der Waals surface area contributed by atoms with Crippen LogP contribution in [0.4, 0.5) is 11.4 Å². The molecular weight excluding hydrogens is 705 g/mol. The fraction of sp³-hybridized carbons (Fsp3) is 0. The Morgan fingerprint density at radius 1 is 0.345 bits per heavy atom. The van der Waals surface area contributed by atoms with Crippen molar-refractivity contribution in [3.05, 3.63) is 180 Å². The Bertz CT molecular complexity index is 3950. The van der Waals surface area contributed by atoms with Gasteiger partial charge in [-0.2, -0.15) is 10.5 Å². The van der Waals surface area contributed by atoms with Gasteiger partial charge in [-0.3, -0.25) is 0 Å². The molecule has 12 aromatic rings. The molecule has 0 saturated carbocycles. The van der Waals surface area contributed by atoms with Gasteiger partial charge in [0, 0.05) is 11.1 Å². The van der Waals surface area contributed by atoms with Gasteiger partial charge < -0.3 is 0 Å². The standard InChI is InChI=1S/C54H24N4/c1-57-35-19-29(27-55)17-33(21-35)49-47-26-44-43(41-15-7-13-39-37-11-5-3-9-31(37)23-45(44)51(39)41)25-46(47)50(34-18-30(28-56)20-36(22-34)58-2)54-48-24-32-10-4-6-12-38(32)40-14-8-16-42(52(40)48)53(49)54/h3-26H. The van der Waals surface area contributed by atoms with Crippen molar-refractivity contribution >= 4 is 108 Å². The van der Waals surface area contributed by atoms with Crippen LogP contribution in [0.15, 0.2) is 146 Å². The lowest BCUT2D eigenvalue weighted by Gasteiger charge is -2.18. The van der Waals surface area contributed by atoms with Crippen LogP contribution >= 0.6 is 0 Å². The fourth-order valence-electron chi connectivity index (χ4n) is 10.1. The van der Waals surface area contributed by atoms with E-state index in [-0.39, 0.29) is 0 Å². The highest BCUT2D eigenvalue weighted by atomic mass is 14.6.